The molecule has 3 N–H and O–H groups in total. The molecule has 7 heteroatoms. The van der Waals surface area contributed by atoms with Gasteiger partial charge in [0.05, 0.1) is 13.2 Å². The number of benzene rings is 2. The molecule has 0 aliphatic heterocycles. The maximum atomic E-state index is 12.4. The van der Waals surface area contributed by atoms with Gasteiger partial charge in [0.2, 0.25) is 5.91 Å². The molecule has 0 radical (unpaired) electrons. The van der Waals surface area contributed by atoms with Gasteiger partial charge in [-0.25, -0.2) is 0 Å². The van der Waals surface area contributed by atoms with Gasteiger partial charge in [-0.05, 0) is 48.9 Å². The molecule has 2 aromatic rings. The first-order chi connectivity index (χ1) is 13.4. The normalized spacial score (nSPS) is 11.7. The third-order valence-electron chi connectivity index (χ3n) is 3.92. The molecule has 0 saturated carbocycles. The van der Waals surface area contributed by atoms with E-state index >= 15 is 0 Å². The van der Waals surface area contributed by atoms with Gasteiger partial charge in [0.15, 0.2) is 0 Å². The summed E-state index contributed by atoms with van der Waals surface area (Å²) >= 11 is 0. The predicted molar refractivity (Wildman–Crippen MR) is 108 cm³/mol. The van der Waals surface area contributed by atoms with Crippen LogP contribution in [0.2, 0.25) is 0 Å². The van der Waals surface area contributed by atoms with Crippen LogP contribution in [0.3, 0.4) is 0 Å². The highest BCUT2D eigenvalue weighted by atomic mass is 16.5. The molecule has 1 atom stereocenters. The topological polar surface area (TPSA) is 103 Å². The average molecular weight is 378 g/mol. The second-order valence-electron chi connectivity index (χ2n) is 6.04. The van der Waals surface area contributed by atoms with Crippen LogP contribution in [0.25, 0.3) is 0 Å². The number of nitrogens with zero attached hydrogens (tertiary/aromatic N) is 1. The lowest BCUT2D eigenvalue weighted by atomic mass is 10.1. The van der Waals surface area contributed by atoms with Gasteiger partial charge in [-0.3, -0.25) is 9.59 Å². The van der Waals surface area contributed by atoms with Crippen molar-refractivity contribution >= 4 is 23.2 Å². The number of amides is 2. The van der Waals surface area contributed by atoms with Crippen molar-refractivity contribution in [3.8, 4) is 11.8 Å². The molecule has 2 rings (SSSR count). The van der Waals surface area contributed by atoms with Crippen LogP contribution in [0.1, 0.15) is 25.5 Å². The first-order valence-electron chi connectivity index (χ1n) is 8.62. The first-order valence-corrected chi connectivity index (χ1v) is 8.62. The molecule has 1 unspecified atom stereocenters. The van der Waals surface area contributed by atoms with E-state index in [-0.39, 0.29) is 17.5 Å². The van der Waals surface area contributed by atoms with Crippen molar-refractivity contribution in [2.75, 3.05) is 17.7 Å². The number of nitrogens with one attached hydrogen (secondary N) is 3. The smallest absolute Gasteiger partial charge is 0.263 e. The fourth-order valence-corrected chi connectivity index (χ4v) is 2.41. The molecule has 2 aromatic carbocycles. The number of methoxy groups -OCH3 is 1. The van der Waals surface area contributed by atoms with E-state index in [1.165, 1.54) is 13.1 Å². The van der Waals surface area contributed by atoms with Crippen LogP contribution < -0.4 is 20.7 Å². The van der Waals surface area contributed by atoms with E-state index in [1.807, 2.05) is 37.3 Å². The van der Waals surface area contributed by atoms with Gasteiger partial charge < -0.3 is 20.7 Å². The Morgan fingerprint density at radius 3 is 2.21 bits per heavy atom. The number of anilines is 2. The van der Waals surface area contributed by atoms with Crippen LogP contribution in [0.4, 0.5) is 11.4 Å². The zero-order chi connectivity index (χ0) is 20.5. The van der Waals surface area contributed by atoms with Gasteiger partial charge in [-0.2, -0.15) is 5.26 Å². The van der Waals surface area contributed by atoms with Gasteiger partial charge in [0, 0.05) is 24.5 Å². The zero-order valence-corrected chi connectivity index (χ0v) is 15.9. The van der Waals surface area contributed by atoms with Gasteiger partial charge >= 0.3 is 0 Å². The zero-order valence-electron chi connectivity index (χ0n) is 15.9. The van der Waals surface area contributed by atoms with Crippen molar-refractivity contribution in [2.24, 2.45) is 0 Å². The Labute approximate surface area is 164 Å². The number of nitriles is 1. The second kappa shape index (κ2) is 9.78. The Kier molecular flexibility index (Phi) is 7.17. The molecular formula is C21H22N4O3. The molecule has 2 amide bonds. The average Bonchev–Trinajstić information content (AvgIpc) is 2.69. The molecule has 0 aromatic heterocycles. The largest absolute Gasteiger partial charge is 0.497 e. The summed E-state index contributed by atoms with van der Waals surface area (Å²) < 4.78 is 5.12. The van der Waals surface area contributed by atoms with Gasteiger partial charge in [-0.15, -0.1) is 0 Å². The van der Waals surface area contributed by atoms with Crippen LogP contribution in [-0.4, -0.2) is 18.9 Å². The lowest BCUT2D eigenvalue weighted by molar-refractivity contribution is -0.117. The minimum absolute atomic E-state index is 0.0497. The minimum Gasteiger partial charge on any atom is -0.497 e. The van der Waals surface area contributed by atoms with Gasteiger partial charge in [-0.1, -0.05) is 12.1 Å². The Hall–Kier alpha value is -3.79. The molecule has 0 aliphatic rings. The van der Waals surface area contributed by atoms with Crippen LogP contribution in [-0.2, 0) is 9.59 Å². The summed E-state index contributed by atoms with van der Waals surface area (Å²) in [5.41, 5.74) is 2.19. The van der Waals surface area contributed by atoms with Crippen molar-refractivity contribution in [3.05, 3.63) is 65.9 Å². The van der Waals surface area contributed by atoms with Crippen molar-refractivity contribution in [3.63, 3.8) is 0 Å². The maximum absolute atomic E-state index is 12.4. The van der Waals surface area contributed by atoms with Crippen molar-refractivity contribution in [1.82, 2.24) is 5.32 Å². The highest BCUT2D eigenvalue weighted by Crippen LogP contribution is 2.18. The molecule has 0 saturated heterocycles. The number of carbonyl (C=O) groups is 2. The summed E-state index contributed by atoms with van der Waals surface area (Å²) in [6, 6.07) is 15.9. The second-order valence-corrected chi connectivity index (χ2v) is 6.04. The SMILES string of the molecule is COc1ccc(C(C)NC(=O)/C(C#N)=C\Nc2ccc(NC(C)=O)cc2)cc1. The van der Waals surface area contributed by atoms with E-state index in [4.69, 9.17) is 4.74 Å². The van der Waals surface area contributed by atoms with Crippen LogP contribution >= 0.6 is 0 Å². The monoisotopic (exact) mass is 378 g/mol. The molecular weight excluding hydrogens is 356 g/mol. The highest BCUT2D eigenvalue weighted by molar-refractivity contribution is 5.97. The Balaban J connectivity index is 1.99. The quantitative estimate of drug-likeness (QED) is 0.506. The Morgan fingerprint density at radius 1 is 1.07 bits per heavy atom. The summed E-state index contributed by atoms with van der Waals surface area (Å²) in [6.45, 7) is 3.27. The van der Waals surface area contributed by atoms with Crippen molar-refractivity contribution < 1.29 is 14.3 Å². The number of carbonyl (C=O) groups excluding carboxylic acids is 2. The van der Waals surface area contributed by atoms with E-state index in [0.29, 0.717) is 11.4 Å². The fourth-order valence-electron chi connectivity index (χ4n) is 2.41. The minimum atomic E-state index is -0.479. The predicted octanol–water partition coefficient (Wildman–Crippen LogP) is 3.35. The molecule has 7 nitrogen and oxygen atoms in total. The molecule has 0 bridgehead atoms. The summed E-state index contributed by atoms with van der Waals surface area (Å²) in [5.74, 6) is 0.0943. The third-order valence-corrected chi connectivity index (χ3v) is 3.92. The molecule has 144 valence electrons. The van der Waals surface area contributed by atoms with E-state index in [9.17, 15) is 14.9 Å². The van der Waals surface area contributed by atoms with Crippen molar-refractivity contribution in [2.45, 2.75) is 19.9 Å². The van der Waals surface area contributed by atoms with E-state index in [2.05, 4.69) is 16.0 Å². The standard InChI is InChI=1S/C21H22N4O3/c1-14(16-4-10-20(28-3)11-5-16)24-21(27)17(12-22)13-23-18-6-8-19(9-7-18)25-15(2)26/h4-11,13-14,23H,1-3H3,(H,24,27)(H,25,26)/b17-13-. The van der Waals surface area contributed by atoms with Gasteiger partial charge in [0.25, 0.3) is 5.91 Å². The van der Waals surface area contributed by atoms with Gasteiger partial charge in [0.1, 0.15) is 17.4 Å². The summed E-state index contributed by atoms with van der Waals surface area (Å²) in [7, 11) is 1.59. The van der Waals surface area contributed by atoms with E-state index < -0.39 is 5.91 Å². The first kappa shape index (κ1) is 20.5. The van der Waals surface area contributed by atoms with Crippen LogP contribution in [0, 0.1) is 11.3 Å². The Morgan fingerprint density at radius 2 is 1.68 bits per heavy atom. The highest BCUT2D eigenvalue weighted by Gasteiger charge is 2.14. The molecule has 28 heavy (non-hydrogen) atoms. The lowest BCUT2D eigenvalue weighted by Gasteiger charge is -2.14. The maximum Gasteiger partial charge on any atom is 0.263 e. The van der Waals surface area contributed by atoms with Crippen molar-refractivity contribution in [1.29, 1.82) is 5.26 Å². The number of ether oxygens (including phenoxy) is 1. The summed E-state index contributed by atoms with van der Waals surface area (Å²) in [4.78, 5) is 23.4. The van der Waals surface area contributed by atoms with E-state index in [0.717, 1.165) is 11.3 Å². The van der Waals surface area contributed by atoms with E-state index in [1.54, 1.807) is 31.4 Å². The number of hydrogen-bond acceptors (Lipinski definition) is 5. The summed E-state index contributed by atoms with van der Waals surface area (Å²) in [6.07, 6.45) is 1.35. The lowest BCUT2D eigenvalue weighted by Crippen LogP contribution is -2.28. The third kappa shape index (κ3) is 5.88. The van der Waals surface area contributed by atoms with Crippen LogP contribution in [0.5, 0.6) is 5.75 Å². The molecule has 0 spiro atoms. The summed E-state index contributed by atoms with van der Waals surface area (Å²) in [5, 5.41) is 17.7. The fraction of sp³-hybridized carbons (Fsp3) is 0.190. The van der Waals surface area contributed by atoms with Crippen LogP contribution in [0.15, 0.2) is 60.3 Å². The molecule has 0 heterocycles. The number of rotatable bonds is 7. The Bertz CT molecular complexity index is 897. The molecule has 0 fully saturated rings. The molecule has 0 aliphatic carbocycles. The number of hydrogen-bond donors (Lipinski definition) is 3.